The van der Waals surface area contributed by atoms with E-state index in [-0.39, 0.29) is 5.91 Å². The Morgan fingerprint density at radius 2 is 1.96 bits per heavy atom. The molecule has 0 radical (unpaired) electrons. The number of aromatic nitrogens is 4. The first kappa shape index (κ1) is 16.7. The Bertz CT molecular complexity index is 942. The molecule has 4 rings (SSSR count). The summed E-state index contributed by atoms with van der Waals surface area (Å²) in [5.74, 6) is 0.855. The van der Waals surface area contributed by atoms with Gasteiger partial charge in [0, 0.05) is 52.3 Å². The third kappa shape index (κ3) is 3.30. The second-order valence-corrected chi connectivity index (χ2v) is 6.74. The lowest BCUT2D eigenvalue weighted by Gasteiger charge is -2.34. The van der Waals surface area contributed by atoms with Gasteiger partial charge in [0.1, 0.15) is 5.52 Å². The van der Waals surface area contributed by atoms with Crippen LogP contribution >= 0.6 is 0 Å². The van der Waals surface area contributed by atoms with Gasteiger partial charge in [-0.3, -0.25) is 9.69 Å². The molecule has 1 aromatic carbocycles. The Hall–Kier alpha value is -2.80. The van der Waals surface area contributed by atoms with Gasteiger partial charge in [0.15, 0.2) is 11.5 Å². The van der Waals surface area contributed by atoms with E-state index < -0.39 is 0 Å². The minimum absolute atomic E-state index is 0.161. The summed E-state index contributed by atoms with van der Waals surface area (Å²) in [6.45, 7) is 5.91. The number of rotatable bonds is 3. The normalized spacial score (nSPS) is 15.5. The molecule has 1 aliphatic heterocycles. The SMILES string of the molecule is CC(=O)N1CCN(Cc2cccc(-c3ncc4c(ncn4C)n3)c2)CC1. The van der Waals surface area contributed by atoms with Gasteiger partial charge in [0.25, 0.3) is 0 Å². The monoisotopic (exact) mass is 350 g/mol. The van der Waals surface area contributed by atoms with Gasteiger partial charge in [-0.05, 0) is 11.6 Å². The molecular formula is C19H22N6O. The summed E-state index contributed by atoms with van der Waals surface area (Å²) < 4.78 is 1.91. The Kier molecular flexibility index (Phi) is 4.38. The van der Waals surface area contributed by atoms with E-state index in [0.29, 0.717) is 11.5 Å². The zero-order chi connectivity index (χ0) is 18.1. The third-order valence-corrected chi connectivity index (χ3v) is 4.89. The van der Waals surface area contributed by atoms with Gasteiger partial charge in [-0.15, -0.1) is 0 Å². The number of amides is 1. The summed E-state index contributed by atoms with van der Waals surface area (Å²) in [6.07, 6.45) is 3.57. The second kappa shape index (κ2) is 6.84. The number of fused-ring (bicyclic) bond motifs is 1. The second-order valence-electron chi connectivity index (χ2n) is 6.74. The number of benzene rings is 1. The van der Waals surface area contributed by atoms with E-state index in [4.69, 9.17) is 0 Å². The summed E-state index contributed by atoms with van der Waals surface area (Å²) in [5.41, 5.74) is 3.86. The number of aryl methyl sites for hydroxylation is 1. The molecular weight excluding hydrogens is 328 g/mol. The molecule has 0 spiro atoms. The van der Waals surface area contributed by atoms with Crippen LogP contribution in [0.1, 0.15) is 12.5 Å². The number of hydrogen-bond acceptors (Lipinski definition) is 5. The molecule has 1 fully saturated rings. The number of carbonyl (C=O) groups is 1. The highest BCUT2D eigenvalue weighted by Crippen LogP contribution is 2.20. The first-order valence-corrected chi connectivity index (χ1v) is 8.81. The molecule has 1 aliphatic rings. The van der Waals surface area contributed by atoms with Gasteiger partial charge < -0.3 is 9.47 Å². The maximum atomic E-state index is 11.4. The van der Waals surface area contributed by atoms with Crippen LogP contribution in [0.2, 0.25) is 0 Å². The van der Waals surface area contributed by atoms with Crippen LogP contribution in [0.4, 0.5) is 0 Å². The first-order chi connectivity index (χ1) is 12.6. The molecule has 1 saturated heterocycles. The zero-order valence-electron chi connectivity index (χ0n) is 15.1. The van der Waals surface area contributed by atoms with E-state index in [1.165, 1.54) is 5.56 Å². The Morgan fingerprint density at radius 3 is 2.73 bits per heavy atom. The molecule has 0 unspecified atom stereocenters. The minimum atomic E-state index is 0.161. The van der Waals surface area contributed by atoms with Crippen LogP contribution in [0.5, 0.6) is 0 Å². The molecule has 0 saturated carbocycles. The van der Waals surface area contributed by atoms with E-state index in [0.717, 1.165) is 43.8 Å². The van der Waals surface area contributed by atoms with E-state index >= 15 is 0 Å². The van der Waals surface area contributed by atoms with E-state index in [9.17, 15) is 4.79 Å². The summed E-state index contributed by atoms with van der Waals surface area (Å²) in [4.78, 5) is 29.1. The average Bonchev–Trinajstić information content (AvgIpc) is 3.03. The molecule has 3 aromatic rings. The van der Waals surface area contributed by atoms with Crippen molar-refractivity contribution in [3.8, 4) is 11.4 Å². The molecule has 0 bridgehead atoms. The van der Waals surface area contributed by atoms with Crippen molar-refractivity contribution in [1.29, 1.82) is 0 Å². The van der Waals surface area contributed by atoms with Gasteiger partial charge in [-0.25, -0.2) is 15.0 Å². The van der Waals surface area contributed by atoms with Crippen LogP contribution in [0, 0.1) is 0 Å². The fourth-order valence-electron chi connectivity index (χ4n) is 3.34. The maximum Gasteiger partial charge on any atom is 0.219 e. The Balaban J connectivity index is 1.50. The fourth-order valence-corrected chi connectivity index (χ4v) is 3.34. The Morgan fingerprint density at radius 1 is 1.15 bits per heavy atom. The van der Waals surface area contributed by atoms with Crippen molar-refractivity contribution >= 4 is 17.1 Å². The molecule has 7 nitrogen and oxygen atoms in total. The van der Waals surface area contributed by atoms with Gasteiger partial charge in [-0.1, -0.05) is 18.2 Å². The lowest BCUT2D eigenvalue weighted by molar-refractivity contribution is -0.130. The quantitative estimate of drug-likeness (QED) is 0.719. The summed E-state index contributed by atoms with van der Waals surface area (Å²) in [7, 11) is 1.94. The molecule has 26 heavy (non-hydrogen) atoms. The highest BCUT2D eigenvalue weighted by Gasteiger charge is 2.18. The third-order valence-electron chi connectivity index (χ3n) is 4.89. The summed E-state index contributed by atoms with van der Waals surface area (Å²) >= 11 is 0. The standard InChI is InChI=1S/C19H22N6O/c1-14(26)25-8-6-24(7-9-25)12-15-4-3-5-16(10-15)18-20-11-17-19(22-18)21-13-23(17)2/h3-5,10-11,13H,6-9,12H2,1-2H3. The van der Waals surface area contributed by atoms with E-state index in [2.05, 4.69) is 32.0 Å². The van der Waals surface area contributed by atoms with Crippen molar-refractivity contribution in [3.63, 3.8) is 0 Å². The van der Waals surface area contributed by atoms with Crippen LogP contribution in [0.15, 0.2) is 36.8 Å². The number of hydrogen-bond donors (Lipinski definition) is 0. The van der Waals surface area contributed by atoms with E-state index in [1.807, 2.05) is 34.8 Å². The van der Waals surface area contributed by atoms with Gasteiger partial charge in [0.2, 0.25) is 5.91 Å². The smallest absolute Gasteiger partial charge is 0.219 e. The molecule has 7 heteroatoms. The predicted molar refractivity (Wildman–Crippen MR) is 99.3 cm³/mol. The number of carbonyl (C=O) groups excluding carboxylic acids is 1. The highest BCUT2D eigenvalue weighted by atomic mass is 16.2. The van der Waals surface area contributed by atoms with Crippen LogP contribution in [0.3, 0.4) is 0 Å². The average molecular weight is 350 g/mol. The van der Waals surface area contributed by atoms with Crippen LogP contribution in [0.25, 0.3) is 22.6 Å². The fraction of sp³-hybridized carbons (Fsp3) is 0.368. The van der Waals surface area contributed by atoms with Crippen molar-refractivity contribution in [2.75, 3.05) is 26.2 Å². The molecule has 0 N–H and O–H groups in total. The number of nitrogens with zero attached hydrogens (tertiary/aromatic N) is 6. The van der Waals surface area contributed by atoms with Crippen LogP contribution in [-0.4, -0.2) is 61.4 Å². The zero-order valence-corrected chi connectivity index (χ0v) is 15.1. The van der Waals surface area contributed by atoms with Gasteiger partial charge >= 0.3 is 0 Å². The number of piperazine rings is 1. The maximum absolute atomic E-state index is 11.4. The number of imidazole rings is 1. The van der Waals surface area contributed by atoms with Crippen LogP contribution in [-0.2, 0) is 18.4 Å². The molecule has 1 amide bonds. The van der Waals surface area contributed by atoms with Crippen molar-refractivity contribution in [3.05, 3.63) is 42.4 Å². The largest absolute Gasteiger partial charge is 0.340 e. The predicted octanol–water partition coefficient (Wildman–Crippen LogP) is 1.69. The molecule has 2 aromatic heterocycles. The van der Waals surface area contributed by atoms with Crippen LogP contribution < -0.4 is 0 Å². The first-order valence-electron chi connectivity index (χ1n) is 8.81. The molecule has 0 aliphatic carbocycles. The minimum Gasteiger partial charge on any atom is -0.340 e. The van der Waals surface area contributed by atoms with Crippen molar-refractivity contribution in [1.82, 2.24) is 29.3 Å². The van der Waals surface area contributed by atoms with Crippen molar-refractivity contribution < 1.29 is 4.79 Å². The lowest BCUT2D eigenvalue weighted by atomic mass is 10.1. The summed E-state index contributed by atoms with van der Waals surface area (Å²) in [6, 6.07) is 8.34. The Labute approximate surface area is 152 Å². The topological polar surface area (TPSA) is 67.2 Å². The molecule has 0 atom stereocenters. The van der Waals surface area contributed by atoms with Crippen molar-refractivity contribution in [2.24, 2.45) is 7.05 Å². The van der Waals surface area contributed by atoms with Gasteiger partial charge in [0.05, 0.1) is 12.5 Å². The lowest BCUT2D eigenvalue weighted by Crippen LogP contribution is -2.47. The molecule has 134 valence electrons. The molecule has 3 heterocycles. The highest BCUT2D eigenvalue weighted by molar-refractivity contribution is 5.73. The summed E-state index contributed by atoms with van der Waals surface area (Å²) in [5, 5.41) is 0. The van der Waals surface area contributed by atoms with E-state index in [1.54, 1.807) is 13.3 Å². The van der Waals surface area contributed by atoms with Gasteiger partial charge in [-0.2, -0.15) is 0 Å². The van der Waals surface area contributed by atoms with Crippen molar-refractivity contribution in [2.45, 2.75) is 13.5 Å².